The molecule has 1 fully saturated rings. The van der Waals surface area contributed by atoms with Crippen molar-refractivity contribution in [3.63, 3.8) is 0 Å². The fourth-order valence-electron chi connectivity index (χ4n) is 1.26. The molecule has 0 spiro atoms. The number of hydrogen-bond acceptors (Lipinski definition) is 2. The smallest absolute Gasteiger partial charge is 0.134 e. The highest BCUT2D eigenvalue weighted by atomic mass is 32.2. The van der Waals surface area contributed by atoms with Crippen molar-refractivity contribution < 1.29 is 4.79 Å². The molecule has 1 heterocycles. The zero-order chi connectivity index (χ0) is 7.40. The Morgan fingerprint density at radius 2 is 2.50 bits per heavy atom. The lowest BCUT2D eigenvalue weighted by Crippen LogP contribution is -2.17. The highest BCUT2D eigenvalue weighted by Crippen LogP contribution is 2.26. The number of Topliss-reactive ketones (excluding diaryl/α,β-unsaturated/α-hetero) is 1. The maximum Gasteiger partial charge on any atom is 0.134 e. The number of rotatable bonds is 2. The van der Waals surface area contributed by atoms with Gasteiger partial charge in [0, 0.05) is 23.8 Å². The second-order valence-electron chi connectivity index (χ2n) is 2.77. The molecule has 1 rings (SSSR count). The molecular weight excluding hydrogens is 144 g/mol. The molecule has 0 amide bonds. The van der Waals surface area contributed by atoms with Crippen LogP contribution in [0.25, 0.3) is 0 Å². The second kappa shape index (κ2) is 4.02. The summed E-state index contributed by atoms with van der Waals surface area (Å²) >= 11 is 1.97. The maximum absolute atomic E-state index is 10.9. The highest BCUT2D eigenvalue weighted by Gasteiger charge is 2.18. The molecule has 1 atom stereocenters. The van der Waals surface area contributed by atoms with Gasteiger partial charge in [-0.25, -0.2) is 0 Å². The third-order valence-corrected chi connectivity index (χ3v) is 3.11. The SMILES string of the molecule is CCC[C@@H]1CC(=O)CCS1. The number of hydrogen-bond donors (Lipinski definition) is 0. The molecule has 0 aliphatic carbocycles. The van der Waals surface area contributed by atoms with Gasteiger partial charge in [0.25, 0.3) is 0 Å². The van der Waals surface area contributed by atoms with E-state index in [0.717, 1.165) is 18.6 Å². The predicted molar refractivity (Wildman–Crippen MR) is 45.4 cm³/mol. The van der Waals surface area contributed by atoms with Gasteiger partial charge in [-0.1, -0.05) is 13.3 Å². The summed E-state index contributed by atoms with van der Waals surface area (Å²) in [5, 5.41) is 0.645. The van der Waals surface area contributed by atoms with E-state index in [1.165, 1.54) is 12.8 Å². The lowest BCUT2D eigenvalue weighted by Gasteiger charge is -2.19. The third kappa shape index (κ3) is 2.33. The molecule has 10 heavy (non-hydrogen) atoms. The molecule has 0 N–H and O–H groups in total. The molecule has 0 bridgehead atoms. The zero-order valence-corrected chi connectivity index (χ0v) is 7.25. The molecule has 0 aromatic heterocycles. The number of thioether (sulfide) groups is 1. The van der Waals surface area contributed by atoms with Gasteiger partial charge in [-0.05, 0) is 6.42 Å². The Bertz CT molecular complexity index is 120. The van der Waals surface area contributed by atoms with E-state index in [1.807, 2.05) is 11.8 Å². The van der Waals surface area contributed by atoms with E-state index in [2.05, 4.69) is 6.92 Å². The van der Waals surface area contributed by atoms with E-state index in [-0.39, 0.29) is 0 Å². The van der Waals surface area contributed by atoms with E-state index in [4.69, 9.17) is 0 Å². The molecule has 2 heteroatoms. The van der Waals surface area contributed by atoms with Crippen molar-refractivity contribution in [2.75, 3.05) is 5.75 Å². The second-order valence-corrected chi connectivity index (χ2v) is 4.18. The van der Waals surface area contributed by atoms with Crippen molar-refractivity contribution in [2.45, 2.75) is 37.9 Å². The summed E-state index contributed by atoms with van der Waals surface area (Å²) in [5.41, 5.74) is 0. The van der Waals surface area contributed by atoms with Crippen LogP contribution in [0.3, 0.4) is 0 Å². The summed E-state index contributed by atoms with van der Waals surface area (Å²) < 4.78 is 0. The van der Waals surface area contributed by atoms with Gasteiger partial charge in [0.05, 0.1) is 0 Å². The van der Waals surface area contributed by atoms with Crippen LogP contribution < -0.4 is 0 Å². The van der Waals surface area contributed by atoms with Crippen LogP contribution >= 0.6 is 11.8 Å². The molecule has 0 aromatic rings. The summed E-state index contributed by atoms with van der Waals surface area (Å²) in [6.07, 6.45) is 4.07. The van der Waals surface area contributed by atoms with Crippen LogP contribution in [0, 0.1) is 0 Å². The van der Waals surface area contributed by atoms with E-state index >= 15 is 0 Å². The van der Waals surface area contributed by atoms with E-state index in [9.17, 15) is 4.79 Å². The van der Waals surface area contributed by atoms with Gasteiger partial charge in [-0.15, -0.1) is 0 Å². The Hall–Kier alpha value is 0.0200. The minimum atomic E-state index is 0.470. The Balaban J connectivity index is 2.25. The quantitative estimate of drug-likeness (QED) is 0.613. The molecule has 58 valence electrons. The normalized spacial score (nSPS) is 26.9. The molecule has 1 aliphatic heterocycles. The topological polar surface area (TPSA) is 17.1 Å². The first-order chi connectivity index (χ1) is 4.83. The Labute approximate surface area is 66.6 Å². The first-order valence-electron chi connectivity index (χ1n) is 3.96. The first-order valence-corrected chi connectivity index (χ1v) is 5.01. The van der Waals surface area contributed by atoms with Crippen molar-refractivity contribution in [2.24, 2.45) is 0 Å². The lowest BCUT2D eigenvalue weighted by molar-refractivity contribution is -0.118. The standard InChI is InChI=1S/C8H14OS/c1-2-3-8-6-7(9)4-5-10-8/h8H,2-6H2,1H3/t8-/m1/s1. The van der Waals surface area contributed by atoms with Crippen molar-refractivity contribution in [1.82, 2.24) is 0 Å². The van der Waals surface area contributed by atoms with Crippen molar-refractivity contribution >= 4 is 17.5 Å². The van der Waals surface area contributed by atoms with Crippen molar-refractivity contribution in [3.8, 4) is 0 Å². The van der Waals surface area contributed by atoms with E-state index < -0.39 is 0 Å². The van der Waals surface area contributed by atoms with Gasteiger partial charge >= 0.3 is 0 Å². The first kappa shape index (κ1) is 8.12. The van der Waals surface area contributed by atoms with E-state index in [0.29, 0.717) is 11.0 Å². The van der Waals surface area contributed by atoms with Gasteiger partial charge in [-0.3, -0.25) is 4.79 Å². The summed E-state index contributed by atoms with van der Waals surface area (Å²) in [4.78, 5) is 10.9. The number of carbonyl (C=O) groups excluding carboxylic acids is 1. The third-order valence-electron chi connectivity index (χ3n) is 1.80. The predicted octanol–water partition coefficient (Wildman–Crippen LogP) is 2.25. The largest absolute Gasteiger partial charge is 0.300 e. The lowest BCUT2D eigenvalue weighted by atomic mass is 10.1. The van der Waals surface area contributed by atoms with Crippen molar-refractivity contribution in [3.05, 3.63) is 0 Å². The average molecular weight is 158 g/mol. The summed E-state index contributed by atoms with van der Waals surface area (Å²) in [6.45, 7) is 2.18. The van der Waals surface area contributed by atoms with Gasteiger partial charge in [0.1, 0.15) is 5.78 Å². The molecule has 0 radical (unpaired) electrons. The maximum atomic E-state index is 10.9. The van der Waals surface area contributed by atoms with Crippen molar-refractivity contribution in [1.29, 1.82) is 0 Å². The van der Waals surface area contributed by atoms with Crippen LogP contribution in [0.1, 0.15) is 32.6 Å². The van der Waals surface area contributed by atoms with Gasteiger partial charge in [0.15, 0.2) is 0 Å². The monoisotopic (exact) mass is 158 g/mol. The van der Waals surface area contributed by atoms with Crippen LogP contribution in [0.4, 0.5) is 0 Å². The Morgan fingerprint density at radius 1 is 1.70 bits per heavy atom. The average Bonchev–Trinajstić information content (AvgIpc) is 1.88. The highest BCUT2D eigenvalue weighted by molar-refractivity contribution is 8.00. The molecule has 0 saturated carbocycles. The molecule has 1 aliphatic rings. The van der Waals surface area contributed by atoms with Crippen LogP contribution in [0.5, 0.6) is 0 Å². The summed E-state index contributed by atoms with van der Waals surface area (Å²) in [6, 6.07) is 0. The fraction of sp³-hybridized carbons (Fsp3) is 0.875. The van der Waals surface area contributed by atoms with Crippen LogP contribution in [-0.4, -0.2) is 16.8 Å². The molecule has 1 nitrogen and oxygen atoms in total. The number of ketones is 1. The van der Waals surface area contributed by atoms with E-state index in [1.54, 1.807) is 0 Å². The van der Waals surface area contributed by atoms with Crippen LogP contribution in [0.2, 0.25) is 0 Å². The van der Waals surface area contributed by atoms with Gasteiger partial charge < -0.3 is 0 Å². The van der Waals surface area contributed by atoms with Crippen LogP contribution in [0.15, 0.2) is 0 Å². The Kier molecular flexibility index (Phi) is 3.26. The zero-order valence-electron chi connectivity index (χ0n) is 6.43. The summed E-state index contributed by atoms with van der Waals surface area (Å²) in [5.74, 6) is 1.53. The minimum Gasteiger partial charge on any atom is -0.300 e. The fourth-order valence-corrected chi connectivity index (χ4v) is 2.65. The molecular formula is C8H14OS. The molecule has 0 aromatic carbocycles. The minimum absolute atomic E-state index is 0.470. The molecule has 1 saturated heterocycles. The van der Waals surface area contributed by atoms with Gasteiger partial charge in [-0.2, -0.15) is 11.8 Å². The summed E-state index contributed by atoms with van der Waals surface area (Å²) in [7, 11) is 0. The van der Waals surface area contributed by atoms with Gasteiger partial charge in [0.2, 0.25) is 0 Å². The molecule has 0 unspecified atom stereocenters. The Morgan fingerprint density at radius 3 is 3.10 bits per heavy atom. The number of carbonyl (C=O) groups is 1. The van der Waals surface area contributed by atoms with Crippen LogP contribution in [-0.2, 0) is 4.79 Å².